The summed E-state index contributed by atoms with van der Waals surface area (Å²) in [5, 5.41) is 3.93. The third-order valence-corrected chi connectivity index (χ3v) is 4.07. The molecule has 2 aromatic rings. The number of aryl methyl sites for hydroxylation is 1. The summed E-state index contributed by atoms with van der Waals surface area (Å²) < 4.78 is 12.3. The average molecular weight is 456 g/mol. The summed E-state index contributed by atoms with van der Waals surface area (Å²) in [6.07, 6.45) is 1.51. The summed E-state index contributed by atoms with van der Waals surface area (Å²) in [6.45, 7) is 1.87. The largest absolute Gasteiger partial charge is 0.495 e. The maximum atomic E-state index is 11.8. The van der Waals surface area contributed by atoms with Crippen LogP contribution in [-0.2, 0) is 4.79 Å². The fourth-order valence-corrected chi connectivity index (χ4v) is 3.30. The highest BCUT2D eigenvalue weighted by Gasteiger charge is 2.08. The molecule has 0 aliphatic heterocycles. The van der Waals surface area contributed by atoms with Crippen LogP contribution in [-0.4, -0.2) is 25.8 Å². The molecule has 0 aromatic heterocycles. The smallest absolute Gasteiger partial charge is 0.277 e. The van der Waals surface area contributed by atoms with Gasteiger partial charge in [0.2, 0.25) is 0 Å². The van der Waals surface area contributed by atoms with E-state index in [4.69, 9.17) is 9.47 Å². The van der Waals surface area contributed by atoms with E-state index in [1.165, 1.54) is 6.21 Å². The Hall–Kier alpha value is -1.86. The lowest BCUT2D eigenvalue weighted by Gasteiger charge is -2.08. The van der Waals surface area contributed by atoms with E-state index in [2.05, 4.69) is 42.4 Å². The van der Waals surface area contributed by atoms with E-state index < -0.39 is 0 Å². The minimum atomic E-state index is -0.347. The van der Waals surface area contributed by atoms with Gasteiger partial charge in [0.25, 0.3) is 5.91 Å². The zero-order valence-corrected chi connectivity index (χ0v) is 16.3. The molecule has 0 bridgehead atoms. The van der Waals surface area contributed by atoms with Crippen LogP contribution >= 0.6 is 31.9 Å². The van der Waals surface area contributed by atoms with Crippen LogP contribution in [0, 0.1) is 6.92 Å². The molecule has 0 atom stereocenters. The summed E-state index contributed by atoms with van der Waals surface area (Å²) >= 11 is 6.81. The predicted octanol–water partition coefficient (Wildman–Crippen LogP) is 4.06. The van der Waals surface area contributed by atoms with Crippen molar-refractivity contribution in [2.24, 2.45) is 5.10 Å². The molecular weight excluding hydrogens is 440 g/mol. The number of amides is 1. The zero-order valence-electron chi connectivity index (χ0n) is 13.2. The Morgan fingerprint density at radius 2 is 1.96 bits per heavy atom. The van der Waals surface area contributed by atoms with Gasteiger partial charge in [-0.15, -0.1) is 0 Å². The lowest BCUT2D eigenvalue weighted by molar-refractivity contribution is -0.123. The van der Waals surface area contributed by atoms with Gasteiger partial charge in [0.1, 0.15) is 11.5 Å². The summed E-state index contributed by atoms with van der Waals surface area (Å²) in [5.74, 6) is 0.921. The van der Waals surface area contributed by atoms with Crippen LogP contribution in [0.2, 0.25) is 0 Å². The van der Waals surface area contributed by atoms with Gasteiger partial charge in [0, 0.05) is 10.0 Å². The van der Waals surface area contributed by atoms with Gasteiger partial charge < -0.3 is 9.47 Å². The number of hydrogen-bond donors (Lipinski definition) is 1. The Labute approximate surface area is 157 Å². The van der Waals surface area contributed by atoms with Crippen molar-refractivity contribution in [1.29, 1.82) is 0 Å². The van der Waals surface area contributed by atoms with Crippen LogP contribution in [0.1, 0.15) is 11.1 Å². The molecule has 126 valence electrons. The number of halogens is 2. The maximum Gasteiger partial charge on any atom is 0.277 e. The minimum Gasteiger partial charge on any atom is -0.495 e. The second kappa shape index (κ2) is 8.84. The van der Waals surface area contributed by atoms with Gasteiger partial charge in [-0.2, -0.15) is 5.10 Å². The van der Waals surface area contributed by atoms with Crippen LogP contribution in [0.25, 0.3) is 0 Å². The lowest BCUT2D eigenvalue weighted by atomic mass is 10.2. The van der Waals surface area contributed by atoms with Crippen LogP contribution in [0.5, 0.6) is 11.5 Å². The Bertz CT molecular complexity index is 746. The standard InChI is InChI=1S/C17H16Br2N2O3/c1-11-3-5-14(6-4-11)24-10-16(22)21-20-9-12-7-13(18)8-15(19)17(12)23-2/h3-9H,10H2,1-2H3,(H,21,22)/b20-9+. The Morgan fingerprint density at radius 1 is 1.25 bits per heavy atom. The predicted molar refractivity (Wildman–Crippen MR) is 101 cm³/mol. The number of benzene rings is 2. The molecule has 1 amide bonds. The molecule has 0 spiro atoms. The zero-order chi connectivity index (χ0) is 17.5. The van der Waals surface area contributed by atoms with E-state index >= 15 is 0 Å². The lowest BCUT2D eigenvalue weighted by Crippen LogP contribution is -2.24. The van der Waals surface area contributed by atoms with E-state index in [1.807, 2.05) is 43.3 Å². The molecule has 0 unspecified atom stereocenters. The van der Waals surface area contributed by atoms with Crippen molar-refractivity contribution in [2.45, 2.75) is 6.92 Å². The topological polar surface area (TPSA) is 59.9 Å². The number of nitrogens with zero attached hydrogens (tertiary/aromatic N) is 1. The first-order valence-corrected chi connectivity index (χ1v) is 8.62. The normalized spacial score (nSPS) is 10.7. The molecule has 0 aliphatic rings. The molecule has 0 fully saturated rings. The van der Waals surface area contributed by atoms with E-state index in [0.29, 0.717) is 11.5 Å². The molecule has 0 radical (unpaired) electrons. The van der Waals surface area contributed by atoms with Crippen molar-refractivity contribution in [3.8, 4) is 11.5 Å². The molecule has 5 nitrogen and oxygen atoms in total. The van der Waals surface area contributed by atoms with Crippen LogP contribution in [0.3, 0.4) is 0 Å². The second-order valence-corrected chi connectivity index (χ2v) is 6.68. The van der Waals surface area contributed by atoms with E-state index in [1.54, 1.807) is 7.11 Å². The summed E-state index contributed by atoms with van der Waals surface area (Å²) in [6, 6.07) is 11.2. The van der Waals surface area contributed by atoms with Gasteiger partial charge in [-0.25, -0.2) is 5.43 Å². The number of carbonyl (C=O) groups excluding carboxylic acids is 1. The fourth-order valence-electron chi connectivity index (χ4n) is 1.88. The van der Waals surface area contributed by atoms with Gasteiger partial charge >= 0.3 is 0 Å². The summed E-state index contributed by atoms with van der Waals surface area (Å²) in [4.78, 5) is 11.8. The Balaban J connectivity index is 1.91. The van der Waals surface area contributed by atoms with E-state index in [9.17, 15) is 4.79 Å². The van der Waals surface area contributed by atoms with E-state index in [-0.39, 0.29) is 12.5 Å². The first-order chi connectivity index (χ1) is 11.5. The van der Waals surface area contributed by atoms with Crippen molar-refractivity contribution in [2.75, 3.05) is 13.7 Å². The van der Waals surface area contributed by atoms with Crippen LogP contribution in [0.15, 0.2) is 50.4 Å². The molecule has 0 saturated carbocycles. The first-order valence-electron chi connectivity index (χ1n) is 7.04. The van der Waals surface area contributed by atoms with Gasteiger partial charge in [-0.3, -0.25) is 4.79 Å². The molecule has 2 aromatic carbocycles. The third-order valence-electron chi connectivity index (χ3n) is 3.03. The Morgan fingerprint density at radius 3 is 2.62 bits per heavy atom. The Kier molecular flexibility index (Phi) is 6.81. The number of hydrazone groups is 1. The number of hydrogen-bond acceptors (Lipinski definition) is 4. The SMILES string of the molecule is COc1c(Br)cc(Br)cc1/C=N/NC(=O)COc1ccc(C)cc1. The first kappa shape index (κ1) is 18.5. The number of nitrogens with one attached hydrogen (secondary N) is 1. The highest BCUT2D eigenvalue weighted by Crippen LogP contribution is 2.31. The quantitative estimate of drug-likeness (QED) is 0.527. The van der Waals surface area contributed by atoms with Gasteiger partial charge in [-0.1, -0.05) is 33.6 Å². The summed E-state index contributed by atoms with van der Waals surface area (Å²) in [7, 11) is 1.57. The monoisotopic (exact) mass is 454 g/mol. The second-order valence-electron chi connectivity index (χ2n) is 4.90. The van der Waals surface area contributed by atoms with Crippen molar-refractivity contribution in [3.63, 3.8) is 0 Å². The van der Waals surface area contributed by atoms with Gasteiger partial charge in [0.05, 0.1) is 17.8 Å². The van der Waals surface area contributed by atoms with Crippen LogP contribution in [0.4, 0.5) is 0 Å². The van der Waals surface area contributed by atoms with Gasteiger partial charge in [0.15, 0.2) is 6.61 Å². The molecule has 0 heterocycles. The highest BCUT2D eigenvalue weighted by atomic mass is 79.9. The molecule has 2 rings (SSSR count). The number of ether oxygens (including phenoxy) is 2. The van der Waals surface area contributed by atoms with Crippen molar-refractivity contribution in [3.05, 3.63) is 56.5 Å². The van der Waals surface area contributed by atoms with Crippen molar-refractivity contribution < 1.29 is 14.3 Å². The van der Waals surface area contributed by atoms with Crippen LogP contribution < -0.4 is 14.9 Å². The molecule has 0 saturated heterocycles. The van der Waals surface area contributed by atoms with Gasteiger partial charge in [-0.05, 0) is 47.1 Å². The number of carbonyl (C=O) groups is 1. The third kappa shape index (κ3) is 5.35. The molecule has 7 heteroatoms. The molecule has 24 heavy (non-hydrogen) atoms. The highest BCUT2D eigenvalue weighted by molar-refractivity contribution is 9.11. The van der Waals surface area contributed by atoms with Crippen molar-refractivity contribution in [1.82, 2.24) is 5.43 Å². The number of methoxy groups -OCH3 is 1. The maximum absolute atomic E-state index is 11.8. The molecular formula is C17H16Br2N2O3. The van der Waals surface area contributed by atoms with Crippen molar-refractivity contribution >= 4 is 44.0 Å². The molecule has 1 N–H and O–H groups in total. The fraction of sp³-hybridized carbons (Fsp3) is 0.176. The summed E-state index contributed by atoms with van der Waals surface area (Å²) in [5.41, 5.74) is 4.27. The number of rotatable bonds is 6. The average Bonchev–Trinajstić information content (AvgIpc) is 2.54. The molecule has 0 aliphatic carbocycles. The van der Waals surface area contributed by atoms with E-state index in [0.717, 1.165) is 20.1 Å². The minimum absolute atomic E-state index is 0.111.